The molecule has 0 unspecified atom stereocenters. The topological polar surface area (TPSA) is 104 Å². The first-order valence-corrected chi connectivity index (χ1v) is 9.63. The van der Waals surface area contributed by atoms with Crippen LogP contribution in [0.3, 0.4) is 0 Å². The van der Waals surface area contributed by atoms with Crippen molar-refractivity contribution in [1.82, 2.24) is 25.0 Å². The molecule has 2 aliphatic rings. The van der Waals surface area contributed by atoms with E-state index in [0.29, 0.717) is 18.7 Å². The summed E-state index contributed by atoms with van der Waals surface area (Å²) in [5, 5.41) is 16.2. The first-order valence-electron chi connectivity index (χ1n) is 9.63. The number of nitriles is 1. The third-order valence-corrected chi connectivity index (χ3v) is 5.40. The molecule has 4 rings (SSSR count). The largest absolute Gasteiger partial charge is 0.346 e. The fraction of sp³-hybridized carbons (Fsp3) is 0.450. The van der Waals surface area contributed by atoms with Gasteiger partial charge in [-0.1, -0.05) is 6.42 Å². The van der Waals surface area contributed by atoms with Crippen molar-refractivity contribution in [3.05, 3.63) is 47.0 Å². The molecule has 1 N–H and O–H groups in total. The molecule has 0 saturated heterocycles. The van der Waals surface area contributed by atoms with Crippen molar-refractivity contribution in [1.29, 1.82) is 5.26 Å². The standard InChI is InChI=1S/C20H22N6O2/c21-10-16-6-5-15(11-22-16)19(27)23-12-17-9-18-13-25(7-2-8-26(18)24-17)20(28)14-3-1-4-14/h5-6,9,11,14H,1-4,7-8,12-13H2,(H,23,27). The van der Waals surface area contributed by atoms with E-state index in [9.17, 15) is 9.59 Å². The molecule has 1 aliphatic heterocycles. The predicted molar refractivity (Wildman–Crippen MR) is 99.7 cm³/mol. The lowest BCUT2D eigenvalue weighted by atomic mass is 9.84. The predicted octanol–water partition coefficient (Wildman–Crippen LogP) is 1.61. The molecule has 0 radical (unpaired) electrons. The average molecular weight is 378 g/mol. The van der Waals surface area contributed by atoms with Crippen molar-refractivity contribution in [2.24, 2.45) is 5.92 Å². The minimum absolute atomic E-state index is 0.203. The Kier molecular flexibility index (Phi) is 5.06. The lowest BCUT2D eigenvalue weighted by molar-refractivity contribution is -0.138. The van der Waals surface area contributed by atoms with Crippen molar-refractivity contribution in [2.75, 3.05) is 6.54 Å². The Labute approximate surface area is 163 Å². The Morgan fingerprint density at radius 3 is 2.79 bits per heavy atom. The zero-order valence-electron chi connectivity index (χ0n) is 15.6. The minimum atomic E-state index is -0.262. The number of rotatable bonds is 4. The summed E-state index contributed by atoms with van der Waals surface area (Å²) in [4.78, 5) is 30.7. The fourth-order valence-electron chi connectivity index (χ4n) is 3.58. The highest BCUT2D eigenvalue weighted by molar-refractivity contribution is 5.93. The van der Waals surface area contributed by atoms with Crippen LogP contribution in [0, 0.1) is 17.2 Å². The summed E-state index contributed by atoms with van der Waals surface area (Å²) in [5.41, 5.74) is 2.45. The number of aromatic nitrogens is 3. The fourth-order valence-corrected chi connectivity index (χ4v) is 3.58. The molecule has 1 fully saturated rings. The minimum Gasteiger partial charge on any atom is -0.346 e. The van der Waals surface area contributed by atoms with E-state index < -0.39 is 0 Å². The van der Waals surface area contributed by atoms with Gasteiger partial charge in [0.15, 0.2) is 0 Å². The van der Waals surface area contributed by atoms with E-state index in [1.165, 1.54) is 12.3 Å². The van der Waals surface area contributed by atoms with E-state index in [1.54, 1.807) is 6.07 Å². The van der Waals surface area contributed by atoms with Gasteiger partial charge in [-0.15, -0.1) is 0 Å². The van der Waals surface area contributed by atoms with Gasteiger partial charge in [-0.2, -0.15) is 10.4 Å². The van der Waals surface area contributed by atoms with Gasteiger partial charge in [0.2, 0.25) is 5.91 Å². The van der Waals surface area contributed by atoms with E-state index in [-0.39, 0.29) is 23.4 Å². The molecular formula is C20H22N6O2. The third kappa shape index (κ3) is 3.74. The highest BCUT2D eigenvalue weighted by Gasteiger charge is 2.30. The Balaban J connectivity index is 1.38. The van der Waals surface area contributed by atoms with Gasteiger partial charge in [-0.3, -0.25) is 14.3 Å². The van der Waals surface area contributed by atoms with Crippen molar-refractivity contribution in [2.45, 2.75) is 45.3 Å². The second kappa shape index (κ2) is 7.80. The van der Waals surface area contributed by atoms with Gasteiger partial charge in [0, 0.05) is 25.2 Å². The number of hydrogen-bond acceptors (Lipinski definition) is 5. The molecule has 2 aromatic heterocycles. The number of aryl methyl sites for hydroxylation is 1. The van der Waals surface area contributed by atoms with E-state index in [0.717, 1.165) is 50.2 Å². The maximum absolute atomic E-state index is 12.6. The Bertz CT molecular complexity index is 923. The summed E-state index contributed by atoms with van der Waals surface area (Å²) in [7, 11) is 0. The summed E-state index contributed by atoms with van der Waals surface area (Å²) in [5.74, 6) is 0.209. The van der Waals surface area contributed by atoms with Crippen molar-refractivity contribution >= 4 is 11.8 Å². The van der Waals surface area contributed by atoms with Crippen LogP contribution in [0.25, 0.3) is 0 Å². The van der Waals surface area contributed by atoms with Gasteiger partial charge in [-0.25, -0.2) is 4.98 Å². The summed E-state index contributed by atoms with van der Waals surface area (Å²) in [6.07, 6.45) is 5.45. The molecule has 8 heteroatoms. The van der Waals surface area contributed by atoms with Gasteiger partial charge >= 0.3 is 0 Å². The van der Waals surface area contributed by atoms with Crippen molar-refractivity contribution in [3.63, 3.8) is 0 Å². The molecule has 3 heterocycles. The molecule has 2 amide bonds. The molecule has 0 atom stereocenters. The van der Waals surface area contributed by atoms with Crippen molar-refractivity contribution in [3.8, 4) is 6.07 Å². The Morgan fingerprint density at radius 1 is 1.25 bits per heavy atom. The molecular weight excluding hydrogens is 356 g/mol. The number of nitrogens with zero attached hydrogens (tertiary/aromatic N) is 5. The number of fused-ring (bicyclic) bond motifs is 1. The van der Waals surface area contributed by atoms with Crippen LogP contribution in [-0.2, 0) is 24.4 Å². The maximum atomic E-state index is 12.6. The van der Waals surface area contributed by atoms with Crippen molar-refractivity contribution < 1.29 is 9.59 Å². The number of carbonyl (C=O) groups is 2. The zero-order chi connectivity index (χ0) is 19.5. The van der Waals surface area contributed by atoms with Crippen LogP contribution in [-0.4, -0.2) is 38.0 Å². The summed E-state index contributed by atoms with van der Waals surface area (Å²) >= 11 is 0. The van der Waals surface area contributed by atoms with Crippen LogP contribution in [0.5, 0.6) is 0 Å². The molecule has 2 aromatic rings. The zero-order valence-corrected chi connectivity index (χ0v) is 15.6. The number of carbonyl (C=O) groups excluding carboxylic acids is 2. The molecule has 0 aromatic carbocycles. The Hall–Kier alpha value is -3.21. The lowest BCUT2D eigenvalue weighted by Gasteiger charge is -2.30. The second-order valence-electron chi connectivity index (χ2n) is 7.32. The highest BCUT2D eigenvalue weighted by Crippen LogP contribution is 2.29. The SMILES string of the molecule is N#Cc1ccc(C(=O)NCc2cc3n(n2)CCCN(C(=O)C2CCC2)C3)cn1. The molecule has 144 valence electrons. The number of amides is 2. The van der Waals surface area contributed by atoms with E-state index in [4.69, 9.17) is 5.26 Å². The van der Waals surface area contributed by atoms with Crippen LogP contribution >= 0.6 is 0 Å². The first-order chi connectivity index (χ1) is 13.6. The van der Waals surface area contributed by atoms with Crippen LogP contribution in [0.15, 0.2) is 24.4 Å². The monoisotopic (exact) mass is 378 g/mol. The van der Waals surface area contributed by atoms with Crippen LogP contribution < -0.4 is 5.32 Å². The first kappa shape index (κ1) is 18.2. The van der Waals surface area contributed by atoms with Crippen LogP contribution in [0.2, 0.25) is 0 Å². The second-order valence-corrected chi connectivity index (χ2v) is 7.32. The normalized spacial score (nSPS) is 16.5. The quantitative estimate of drug-likeness (QED) is 0.870. The van der Waals surface area contributed by atoms with Gasteiger partial charge in [0.25, 0.3) is 5.91 Å². The maximum Gasteiger partial charge on any atom is 0.253 e. The summed E-state index contributed by atoms with van der Waals surface area (Å²) in [6.45, 7) is 2.43. The molecule has 0 bridgehead atoms. The summed E-state index contributed by atoms with van der Waals surface area (Å²) < 4.78 is 1.94. The molecule has 1 aliphatic carbocycles. The Morgan fingerprint density at radius 2 is 2.11 bits per heavy atom. The highest BCUT2D eigenvalue weighted by atomic mass is 16.2. The van der Waals surface area contributed by atoms with Gasteiger partial charge in [-0.05, 0) is 37.5 Å². The molecule has 28 heavy (non-hydrogen) atoms. The lowest BCUT2D eigenvalue weighted by Crippen LogP contribution is -2.38. The molecule has 1 saturated carbocycles. The van der Waals surface area contributed by atoms with E-state index >= 15 is 0 Å². The van der Waals surface area contributed by atoms with Crippen LogP contribution in [0.1, 0.15) is 53.1 Å². The third-order valence-electron chi connectivity index (χ3n) is 5.40. The van der Waals surface area contributed by atoms with E-state index in [1.807, 2.05) is 21.7 Å². The number of nitrogens with one attached hydrogen (secondary N) is 1. The van der Waals surface area contributed by atoms with Gasteiger partial charge in [0.1, 0.15) is 11.8 Å². The summed E-state index contributed by atoms with van der Waals surface area (Å²) in [6, 6.07) is 6.98. The molecule has 8 nitrogen and oxygen atoms in total. The molecule has 0 spiro atoms. The number of hydrogen-bond donors (Lipinski definition) is 1. The number of pyridine rings is 1. The van der Waals surface area contributed by atoms with Crippen LogP contribution in [0.4, 0.5) is 0 Å². The smallest absolute Gasteiger partial charge is 0.253 e. The van der Waals surface area contributed by atoms with Gasteiger partial charge < -0.3 is 10.2 Å². The van der Waals surface area contributed by atoms with Gasteiger partial charge in [0.05, 0.1) is 30.0 Å². The van der Waals surface area contributed by atoms with E-state index in [2.05, 4.69) is 15.4 Å². The average Bonchev–Trinajstić information content (AvgIpc) is 2.94.